The Morgan fingerprint density at radius 1 is 0.875 bits per heavy atom. The first-order chi connectivity index (χ1) is 19.6. The van der Waals surface area contributed by atoms with Crippen LogP contribution < -0.4 is 25.4 Å². The lowest BCUT2D eigenvalue weighted by Gasteiger charge is -2.32. The van der Waals surface area contributed by atoms with Crippen molar-refractivity contribution in [2.45, 2.75) is 6.42 Å². The van der Waals surface area contributed by atoms with E-state index in [1.807, 2.05) is 66.7 Å². The zero-order valence-corrected chi connectivity index (χ0v) is 22.9. The van der Waals surface area contributed by atoms with Crippen molar-refractivity contribution in [2.75, 3.05) is 69.4 Å². The molecule has 1 fully saturated rings. The molecule has 10 heteroatoms. The number of carbonyl (C=O) groups is 1. The molecule has 2 amide bonds. The molecule has 4 aromatic rings. The predicted octanol–water partition coefficient (Wildman–Crippen LogP) is 5.04. The fourth-order valence-electron chi connectivity index (χ4n) is 4.57. The fourth-order valence-corrected chi connectivity index (χ4v) is 4.57. The first-order valence-corrected chi connectivity index (χ1v) is 13.4. The van der Waals surface area contributed by atoms with Crippen molar-refractivity contribution in [3.63, 3.8) is 0 Å². The number of rotatable bonds is 10. The van der Waals surface area contributed by atoms with E-state index in [2.05, 4.69) is 42.8 Å². The molecule has 1 aliphatic heterocycles. The summed E-state index contributed by atoms with van der Waals surface area (Å²) in [6.07, 6.45) is 2.47. The number of piperazine rings is 1. The molecular weight excluding hydrogens is 506 g/mol. The first-order valence-electron chi connectivity index (χ1n) is 13.4. The van der Waals surface area contributed by atoms with Gasteiger partial charge in [0, 0.05) is 61.2 Å². The number of anilines is 4. The van der Waals surface area contributed by atoms with Crippen LogP contribution in [0.1, 0.15) is 6.42 Å². The summed E-state index contributed by atoms with van der Waals surface area (Å²) in [6.45, 7) is 6.06. The van der Waals surface area contributed by atoms with Crippen LogP contribution in [0.15, 0.2) is 73.1 Å². The van der Waals surface area contributed by atoms with E-state index in [0.29, 0.717) is 29.6 Å². The van der Waals surface area contributed by atoms with Crippen LogP contribution in [-0.4, -0.2) is 79.3 Å². The molecular formula is C30H35N7O3. The van der Waals surface area contributed by atoms with Gasteiger partial charge < -0.3 is 35.2 Å². The minimum atomic E-state index is -0.307. The van der Waals surface area contributed by atoms with E-state index in [4.69, 9.17) is 9.47 Å². The number of nitrogens with zero attached hydrogens (tertiary/aromatic N) is 4. The zero-order valence-electron chi connectivity index (χ0n) is 22.9. The quantitative estimate of drug-likeness (QED) is 0.240. The molecule has 0 aliphatic carbocycles. The van der Waals surface area contributed by atoms with E-state index in [0.717, 1.165) is 61.4 Å². The second-order valence-corrected chi connectivity index (χ2v) is 9.74. The third-order valence-corrected chi connectivity index (χ3v) is 6.83. The van der Waals surface area contributed by atoms with E-state index in [-0.39, 0.29) is 6.03 Å². The van der Waals surface area contributed by atoms with Crippen LogP contribution in [0, 0.1) is 0 Å². The minimum absolute atomic E-state index is 0.307. The van der Waals surface area contributed by atoms with Gasteiger partial charge in [-0.2, -0.15) is 0 Å². The topological polar surface area (TPSA) is 104 Å². The van der Waals surface area contributed by atoms with Crippen molar-refractivity contribution in [3.8, 4) is 11.5 Å². The number of aromatic nitrogens is 2. The highest BCUT2D eigenvalue weighted by Crippen LogP contribution is 2.35. The number of fused-ring (bicyclic) bond motifs is 1. The number of hydrogen-bond donors (Lipinski definition) is 3. The van der Waals surface area contributed by atoms with E-state index < -0.39 is 0 Å². The van der Waals surface area contributed by atoms with Crippen molar-refractivity contribution in [3.05, 3.63) is 73.1 Å². The smallest absolute Gasteiger partial charge is 0.323 e. The van der Waals surface area contributed by atoms with Crippen LogP contribution in [0.4, 0.5) is 27.7 Å². The average Bonchev–Trinajstić information content (AvgIpc) is 2.97. The largest absolute Gasteiger partial charge is 0.493 e. The van der Waals surface area contributed by atoms with Gasteiger partial charge in [-0.05, 0) is 55.9 Å². The predicted molar refractivity (Wildman–Crippen MR) is 159 cm³/mol. The van der Waals surface area contributed by atoms with Gasteiger partial charge in [0.2, 0.25) is 0 Å². The van der Waals surface area contributed by atoms with Gasteiger partial charge in [-0.1, -0.05) is 18.2 Å². The van der Waals surface area contributed by atoms with Gasteiger partial charge in [0.25, 0.3) is 0 Å². The molecule has 10 nitrogen and oxygen atoms in total. The molecule has 208 valence electrons. The van der Waals surface area contributed by atoms with Gasteiger partial charge in [-0.3, -0.25) is 0 Å². The number of benzene rings is 3. The van der Waals surface area contributed by atoms with Gasteiger partial charge >= 0.3 is 6.03 Å². The fraction of sp³-hybridized carbons (Fsp3) is 0.300. The normalized spacial score (nSPS) is 14.1. The van der Waals surface area contributed by atoms with Gasteiger partial charge in [0.1, 0.15) is 12.1 Å². The van der Waals surface area contributed by atoms with Crippen molar-refractivity contribution in [1.82, 2.24) is 19.8 Å². The Balaban J connectivity index is 1.20. The molecule has 0 bridgehead atoms. The molecule has 0 unspecified atom stereocenters. The van der Waals surface area contributed by atoms with Crippen LogP contribution in [-0.2, 0) is 0 Å². The third-order valence-electron chi connectivity index (χ3n) is 6.83. The van der Waals surface area contributed by atoms with Crippen LogP contribution in [0.5, 0.6) is 11.5 Å². The van der Waals surface area contributed by atoms with Crippen molar-refractivity contribution in [1.29, 1.82) is 0 Å². The Hall–Kier alpha value is -4.41. The molecule has 1 aromatic heterocycles. The number of methoxy groups -OCH3 is 1. The van der Waals surface area contributed by atoms with Crippen LogP contribution in [0.3, 0.4) is 0 Å². The Bertz CT molecular complexity index is 1410. The summed E-state index contributed by atoms with van der Waals surface area (Å²) in [5.41, 5.74) is 2.96. The van der Waals surface area contributed by atoms with E-state index in [1.165, 1.54) is 6.33 Å². The first kappa shape index (κ1) is 27.2. The highest BCUT2D eigenvalue weighted by atomic mass is 16.5. The lowest BCUT2D eigenvalue weighted by atomic mass is 10.2. The molecule has 0 atom stereocenters. The molecule has 1 saturated heterocycles. The monoisotopic (exact) mass is 541 g/mol. The molecule has 3 N–H and O–H groups in total. The second kappa shape index (κ2) is 13.1. The van der Waals surface area contributed by atoms with Crippen molar-refractivity contribution < 1.29 is 14.3 Å². The van der Waals surface area contributed by atoms with Crippen LogP contribution >= 0.6 is 0 Å². The summed E-state index contributed by atoms with van der Waals surface area (Å²) in [5.74, 6) is 1.95. The van der Waals surface area contributed by atoms with E-state index >= 15 is 0 Å². The minimum Gasteiger partial charge on any atom is -0.493 e. The highest BCUT2D eigenvalue weighted by Gasteiger charge is 2.15. The Kier molecular flexibility index (Phi) is 8.89. The molecule has 3 aromatic carbocycles. The van der Waals surface area contributed by atoms with Crippen molar-refractivity contribution in [2.24, 2.45) is 0 Å². The number of likely N-dealkylation sites (N-methyl/N-ethyl adjacent to an activating group) is 1. The summed E-state index contributed by atoms with van der Waals surface area (Å²) >= 11 is 0. The zero-order chi connectivity index (χ0) is 27.7. The maximum atomic E-state index is 12.3. The standard InChI is InChI=1S/C30H35N7O3/c1-36-14-16-37(17-15-36)13-6-18-40-28-20-26-25(19-27(28)39-2)29(32-21-31-26)33-23-9-11-24(12-10-23)35-30(38)34-22-7-4-3-5-8-22/h3-5,7-12,19-21H,6,13-18H2,1-2H3,(H,31,32,33)(H2,34,35,38). The number of urea groups is 1. The maximum absolute atomic E-state index is 12.3. The number of carbonyl (C=O) groups excluding carboxylic acids is 1. The second-order valence-electron chi connectivity index (χ2n) is 9.74. The number of para-hydroxylation sites is 1. The van der Waals surface area contributed by atoms with Gasteiger partial charge in [-0.15, -0.1) is 0 Å². The molecule has 0 spiro atoms. The van der Waals surface area contributed by atoms with Gasteiger partial charge in [0.15, 0.2) is 11.5 Å². The number of nitrogens with one attached hydrogen (secondary N) is 3. The van der Waals surface area contributed by atoms with Crippen LogP contribution in [0.2, 0.25) is 0 Å². The number of hydrogen-bond acceptors (Lipinski definition) is 8. The van der Waals surface area contributed by atoms with E-state index in [1.54, 1.807) is 7.11 Å². The van der Waals surface area contributed by atoms with Crippen LogP contribution in [0.25, 0.3) is 10.9 Å². The van der Waals surface area contributed by atoms with Crippen molar-refractivity contribution >= 4 is 39.8 Å². The van der Waals surface area contributed by atoms with Gasteiger partial charge in [-0.25, -0.2) is 14.8 Å². The third kappa shape index (κ3) is 7.16. The average molecular weight is 542 g/mol. The Morgan fingerprint density at radius 2 is 1.57 bits per heavy atom. The SMILES string of the molecule is COc1cc2c(Nc3ccc(NC(=O)Nc4ccccc4)cc3)ncnc2cc1OCCCN1CCN(C)CC1. The molecule has 5 rings (SSSR count). The molecule has 2 heterocycles. The molecule has 0 radical (unpaired) electrons. The lowest BCUT2D eigenvalue weighted by Crippen LogP contribution is -2.44. The summed E-state index contributed by atoms with van der Waals surface area (Å²) in [6, 6.07) is 20.2. The summed E-state index contributed by atoms with van der Waals surface area (Å²) in [7, 11) is 3.80. The number of ether oxygens (including phenoxy) is 2. The number of amides is 2. The Labute approximate surface area is 234 Å². The molecule has 0 saturated carbocycles. The summed E-state index contributed by atoms with van der Waals surface area (Å²) in [5, 5.41) is 9.80. The molecule has 40 heavy (non-hydrogen) atoms. The van der Waals surface area contributed by atoms with E-state index in [9.17, 15) is 4.79 Å². The lowest BCUT2D eigenvalue weighted by molar-refractivity contribution is 0.145. The van der Waals surface area contributed by atoms with Gasteiger partial charge in [0.05, 0.1) is 19.2 Å². The maximum Gasteiger partial charge on any atom is 0.323 e. The molecule has 1 aliphatic rings. The Morgan fingerprint density at radius 3 is 2.30 bits per heavy atom. The summed E-state index contributed by atoms with van der Waals surface area (Å²) in [4.78, 5) is 26.0. The summed E-state index contributed by atoms with van der Waals surface area (Å²) < 4.78 is 11.7. The highest BCUT2D eigenvalue weighted by molar-refractivity contribution is 6.00.